The average Bonchev–Trinajstić information content (AvgIpc) is 2.98. The van der Waals surface area contributed by atoms with Crippen molar-refractivity contribution in [3.63, 3.8) is 0 Å². The predicted octanol–water partition coefficient (Wildman–Crippen LogP) is 3.64. The highest BCUT2D eigenvalue weighted by molar-refractivity contribution is 6.39. The largest absolute Gasteiger partial charge is 0.348 e. The Morgan fingerprint density at radius 3 is 2.57 bits per heavy atom. The molecule has 7 heteroatoms. The van der Waals surface area contributed by atoms with Gasteiger partial charge in [0, 0.05) is 13.5 Å². The average molecular weight is 358 g/mol. The maximum absolute atomic E-state index is 8.40. The molecule has 23 heavy (non-hydrogen) atoms. The van der Waals surface area contributed by atoms with Gasteiger partial charge in [0.15, 0.2) is 11.7 Å². The lowest BCUT2D eigenvalue weighted by Gasteiger charge is -2.40. The molecule has 1 unspecified atom stereocenters. The van der Waals surface area contributed by atoms with Gasteiger partial charge >= 0.3 is 0 Å². The molecule has 5 nitrogen and oxygen atoms in total. The van der Waals surface area contributed by atoms with Gasteiger partial charge in [-0.15, -0.1) is 0 Å². The standard InChI is InChI=1S/C16H21Cl2N3O2/c1-21(14-11(17)5-4-6-12(14)18)15(19)20-13-7-2-3-8-16(13)22-9-10-23-16/h4-6,13H,2-3,7-10H2,1H3,(H2,19,20). The Labute approximate surface area is 146 Å². The van der Waals surface area contributed by atoms with E-state index in [1.54, 1.807) is 30.1 Å². The summed E-state index contributed by atoms with van der Waals surface area (Å²) >= 11 is 12.5. The van der Waals surface area contributed by atoms with E-state index in [4.69, 9.17) is 38.1 Å². The van der Waals surface area contributed by atoms with Crippen LogP contribution in [0.15, 0.2) is 18.2 Å². The van der Waals surface area contributed by atoms with Crippen molar-refractivity contribution in [1.82, 2.24) is 5.32 Å². The molecule has 0 radical (unpaired) electrons. The van der Waals surface area contributed by atoms with Crippen molar-refractivity contribution in [2.75, 3.05) is 25.2 Å². The molecule has 1 aromatic rings. The molecule has 1 saturated heterocycles. The first-order chi connectivity index (χ1) is 11.0. The maximum atomic E-state index is 8.40. The van der Waals surface area contributed by atoms with Gasteiger partial charge in [0.05, 0.1) is 35.0 Å². The molecular formula is C16H21Cl2N3O2. The van der Waals surface area contributed by atoms with E-state index in [9.17, 15) is 0 Å². The lowest BCUT2D eigenvalue weighted by molar-refractivity contribution is -0.192. The molecule has 1 spiro atoms. The number of benzene rings is 1. The lowest BCUT2D eigenvalue weighted by Crippen LogP contribution is -2.57. The Hall–Kier alpha value is -1.01. The monoisotopic (exact) mass is 357 g/mol. The minimum Gasteiger partial charge on any atom is -0.348 e. The zero-order valence-corrected chi connectivity index (χ0v) is 14.6. The smallest absolute Gasteiger partial charge is 0.195 e. The van der Waals surface area contributed by atoms with Crippen molar-refractivity contribution in [2.24, 2.45) is 0 Å². The van der Waals surface area contributed by atoms with Gasteiger partial charge in [-0.2, -0.15) is 0 Å². The third-order valence-electron chi connectivity index (χ3n) is 4.49. The number of guanidine groups is 1. The van der Waals surface area contributed by atoms with Gasteiger partial charge in [-0.25, -0.2) is 0 Å². The second kappa shape index (κ2) is 6.85. The van der Waals surface area contributed by atoms with Crippen molar-refractivity contribution in [3.8, 4) is 0 Å². The number of hydrogen-bond acceptors (Lipinski definition) is 3. The Kier molecular flexibility index (Phi) is 5.01. The third-order valence-corrected chi connectivity index (χ3v) is 5.10. The SMILES string of the molecule is CN(C(=N)NC1CCCCC12OCCO2)c1c(Cl)cccc1Cl. The molecule has 1 aliphatic heterocycles. The predicted molar refractivity (Wildman–Crippen MR) is 92.6 cm³/mol. The number of halogens is 2. The summed E-state index contributed by atoms with van der Waals surface area (Å²) in [7, 11) is 1.77. The van der Waals surface area contributed by atoms with Crippen molar-refractivity contribution >= 4 is 34.8 Å². The molecule has 0 amide bonds. The van der Waals surface area contributed by atoms with Gasteiger partial charge in [-0.1, -0.05) is 35.7 Å². The van der Waals surface area contributed by atoms with Crippen molar-refractivity contribution < 1.29 is 9.47 Å². The van der Waals surface area contributed by atoms with E-state index in [1.807, 2.05) is 0 Å². The Morgan fingerprint density at radius 2 is 1.91 bits per heavy atom. The fourth-order valence-electron chi connectivity index (χ4n) is 3.30. The molecule has 0 bridgehead atoms. The van der Waals surface area contributed by atoms with Gasteiger partial charge in [-0.3, -0.25) is 5.41 Å². The Morgan fingerprint density at radius 1 is 1.26 bits per heavy atom. The van der Waals surface area contributed by atoms with Crippen LogP contribution in [-0.4, -0.2) is 38.0 Å². The van der Waals surface area contributed by atoms with Gasteiger partial charge in [0.1, 0.15) is 0 Å². The molecule has 1 saturated carbocycles. The molecule has 1 heterocycles. The highest BCUT2D eigenvalue weighted by atomic mass is 35.5. The summed E-state index contributed by atoms with van der Waals surface area (Å²) < 4.78 is 11.8. The van der Waals surface area contributed by atoms with Crippen molar-refractivity contribution in [2.45, 2.75) is 37.5 Å². The van der Waals surface area contributed by atoms with E-state index in [1.165, 1.54) is 0 Å². The molecule has 126 valence electrons. The summed E-state index contributed by atoms with van der Waals surface area (Å²) in [5, 5.41) is 12.7. The van der Waals surface area contributed by atoms with Crippen LogP contribution in [0, 0.1) is 5.41 Å². The van der Waals surface area contributed by atoms with Gasteiger partial charge < -0.3 is 19.7 Å². The minimum absolute atomic E-state index is 0.0463. The van der Waals surface area contributed by atoms with E-state index < -0.39 is 5.79 Å². The first-order valence-corrected chi connectivity index (χ1v) is 8.60. The summed E-state index contributed by atoms with van der Waals surface area (Å²) in [6.45, 7) is 1.22. The minimum atomic E-state index is -0.602. The molecule has 0 aromatic heterocycles. The van der Waals surface area contributed by atoms with Gasteiger partial charge in [-0.05, 0) is 25.0 Å². The highest BCUT2D eigenvalue weighted by Gasteiger charge is 2.46. The fourth-order valence-corrected chi connectivity index (χ4v) is 3.95. The third kappa shape index (κ3) is 3.29. The van der Waals surface area contributed by atoms with E-state index in [-0.39, 0.29) is 12.0 Å². The lowest BCUT2D eigenvalue weighted by atomic mass is 9.89. The van der Waals surface area contributed by atoms with Crippen molar-refractivity contribution in [3.05, 3.63) is 28.2 Å². The second-order valence-corrected chi connectivity index (χ2v) is 6.74. The zero-order valence-electron chi connectivity index (χ0n) is 13.1. The summed E-state index contributed by atoms with van der Waals surface area (Å²) in [4.78, 5) is 1.65. The molecule has 2 fully saturated rings. The molecule has 1 aliphatic carbocycles. The van der Waals surface area contributed by atoms with Crippen LogP contribution in [0.5, 0.6) is 0 Å². The number of ether oxygens (including phenoxy) is 2. The zero-order chi connectivity index (χ0) is 16.4. The molecule has 1 atom stereocenters. The molecule has 3 rings (SSSR count). The summed E-state index contributed by atoms with van der Waals surface area (Å²) in [6, 6.07) is 5.26. The topological polar surface area (TPSA) is 57.6 Å². The van der Waals surface area contributed by atoms with E-state index in [0.717, 1.165) is 25.7 Å². The number of rotatable bonds is 2. The number of nitrogens with zero attached hydrogens (tertiary/aromatic N) is 1. The van der Waals surface area contributed by atoms with E-state index >= 15 is 0 Å². The first kappa shape index (κ1) is 16.8. The van der Waals surface area contributed by atoms with Crippen LogP contribution in [-0.2, 0) is 9.47 Å². The molecule has 1 aromatic carbocycles. The van der Waals surface area contributed by atoms with Gasteiger partial charge in [0.25, 0.3) is 0 Å². The van der Waals surface area contributed by atoms with E-state index in [2.05, 4.69) is 5.32 Å². The quantitative estimate of drug-likeness (QED) is 0.626. The van der Waals surface area contributed by atoms with Crippen LogP contribution in [0.3, 0.4) is 0 Å². The van der Waals surface area contributed by atoms with Crippen LogP contribution in [0.25, 0.3) is 0 Å². The summed E-state index contributed by atoms with van der Waals surface area (Å²) in [5.41, 5.74) is 0.617. The van der Waals surface area contributed by atoms with Crippen LogP contribution >= 0.6 is 23.2 Å². The Bertz CT molecular complexity index is 570. The number of nitrogens with one attached hydrogen (secondary N) is 2. The van der Waals surface area contributed by atoms with Crippen molar-refractivity contribution in [1.29, 1.82) is 5.41 Å². The molecule has 2 N–H and O–H groups in total. The van der Waals surface area contributed by atoms with Crippen LogP contribution < -0.4 is 10.2 Å². The second-order valence-electron chi connectivity index (χ2n) is 5.93. The molecular weight excluding hydrogens is 337 g/mol. The number of hydrogen-bond donors (Lipinski definition) is 2. The summed E-state index contributed by atoms with van der Waals surface area (Å²) in [6.07, 6.45) is 3.94. The van der Waals surface area contributed by atoms with Crippen LogP contribution in [0.2, 0.25) is 10.0 Å². The highest BCUT2D eigenvalue weighted by Crippen LogP contribution is 2.37. The number of anilines is 1. The van der Waals surface area contributed by atoms with Crippen LogP contribution in [0.4, 0.5) is 5.69 Å². The first-order valence-electron chi connectivity index (χ1n) is 7.84. The summed E-state index contributed by atoms with van der Waals surface area (Å²) in [5.74, 6) is -0.374. The Balaban J connectivity index is 1.75. The normalized spacial score (nSPS) is 23.0. The maximum Gasteiger partial charge on any atom is 0.195 e. The number of para-hydroxylation sites is 1. The van der Waals surface area contributed by atoms with Gasteiger partial charge in [0.2, 0.25) is 0 Å². The van der Waals surface area contributed by atoms with E-state index in [0.29, 0.717) is 28.9 Å². The fraction of sp³-hybridized carbons (Fsp3) is 0.562. The van der Waals surface area contributed by atoms with Crippen LogP contribution in [0.1, 0.15) is 25.7 Å². The molecule has 2 aliphatic rings.